The normalized spacial score (nSPS) is 44.2. The molecule has 0 amide bonds. The minimum atomic E-state index is 0.149. The Balaban J connectivity index is 2.56. The van der Waals surface area contributed by atoms with Gasteiger partial charge in [-0.2, -0.15) is 0 Å². The Hall–Kier alpha value is 0.320. The highest BCUT2D eigenvalue weighted by Crippen LogP contribution is 2.69. The van der Waals surface area contributed by atoms with Gasteiger partial charge in [0.05, 0.1) is 0 Å². The number of hydrogen-bond donors (Lipinski definition) is 0. The first kappa shape index (κ1) is 8.90. The fourth-order valence-corrected chi connectivity index (χ4v) is 3.81. The highest BCUT2D eigenvalue weighted by Gasteiger charge is 2.60. The molecule has 1 fully saturated rings. The molecule has 0 aromatic carbocycles. The van der Waals surface area contributed by atoms with Crippen LogP contribution in [0.25, 0.3) is 0 Å². The number of hydrogen-bond acceptors (Lipinski definition) is 0. The smallest absolute Gasteiger partial charge is 0.0393 e. The lowest BCUT2D eigenvalue weighted by Gasteiger charge is -2.35. The molecule has 0 aromatic heterocycles. The van der Waals surface area contributed by atoms with Crippen molar-refractivity contribution in [3.63, 3.8) is 0 Å². The largest absolute Gasteiger partial charge is 0.0875 e. The number of rotatable bonds is 0. The van der Waals surface area contributed by atoms with Crippen molar-refractivity contribution in [3.05, 3.63) is 10.1 Å². The molecule has 2 unspecified atom stereocenters. The van der Waals surface area contributed by atoms with Gasteiger partial charge in [0.2, 0.25) is 0 Å². The van der Waals surface area contributed by atoms with Gasteiger partial charge in [0, 0.05) is 21.4 Å². The molecular weight excluding hydrogens is 191 g/mol. The number of halogens is 2. The number of allylic oxidation sites excluding steroid dienone is 2. The van der Waals surface area contributed by atoms with E-state index in [-0.39, 0.29) is 10.8 Å². The van der Waals surface area contributed by atoms with E-state index < -0.39 is 0 Å². The van der Waals surface area contributed by atoms with Crippen LogP contribution in [-0.2, 0) is 0 Å². The highest BCUT2D eigenvalue weighted by atomic mass is 35.5. The minimum Gasteiger partial charge on any atom is -0.0875 e. The average molecular weight is 205 g/mol. The summed E-state index contributed by atoms with van der Waals surface area (Å²) in [6.07, 6.45) is 2.40. The summed E-state index contributed by atoms with van der Waals surface area (Å²) in [6, 6.07) is 0. The Morgan fingerprint density at radius 3 is 2.08 bits per heavy atom. The SMILES string of the molecule is CC12CCC(C(Cl)=C1Cl)C2(C)C. The van der Waals surface area contributed by atoms with Crippen LogP contribution in [0.2, 0.25) is 0 Å². The average Bonchev–Trinajstić information content (AvgIpc) is 2.26. The van der Waals surface area contributed by atoms with E-state index in [2.05, 4.69) is 20.8 Å². The summed E-state index contributed by atoms with van der Waals surface area (Å²) in [4.78, 5) is 0. The van der Waals surface area contributed by atoms with Gasteiger partial charge >= 0.3 is 0 Å². The zero-order valence-electron chi connectivity index (χ0n) is 7.75. The van der Waals surface area contributed by atoms with Gasteiger partial charge in [0.15, 0.2) is 0 Å². The molecule has 1 saturated carbocycles. The first-order valence-corrected chi connectivity index (χ1v) is 5.22. The molecule has 2 heteroatoms. The first-order valence-electron chi connectivity index (χ1n) is 4.47. The van der Waals surface area contributed by atoms with Crippen LogP contribution in [0.15, 0.2) is 10.1 Å². The summed E-state index contributed by atoms with van der Waals surface area (Å²) in [5, 5.41) is 1.85. The van der Waals surface area contributed by atoms with Gasteiger partial charge in [0.25, 0.3) is 0 Å². The summed E-state index contributed by atoms with van der Waals surface area (Å²) in [7, 11) is 0. The summed E-state index contributed by atoms with van der Waals surface area (Å²) in [5.41, 5.74) is 0.414. The van der Waals surface area contributed by atoms with Gasteiger partial charge in [-0.3, -0.25) is 0 Å². The molecule has 2 aliphatic carbocycles. The lowest BCUT2D eigenvalue weighted by molar-refractivity contribution is 0.177. The summed E-state index contributed by atoms with van der Waals surface area (Å²) in [5.74, 6) is 0.511. The van der Waals surface area contributed by atoms with Crippen molar-refractivity contribution in [1.29, 1.82) is 0 Å². The second-order valence-corrected chi connectivity index (χ2v) is 5.59. The fraction of sp³-hybridized carbons (Fsp3) is 0.800. The van der Waals surface area contributed by atoms with Crippen molar-refractivity contribution in [2.45, 2.75) is 33.6 Å². The molecule has 2 aliphatic rings. The molecule has 2 rings (SSSR count). The predicted octanol–water partition coefficient (Wildman–Crippen LogP) is 4.13. The second-order valence-electron chi connectivity index (χ2n) is 4.81. The summed E-state index contributed by atoms with van der Waals surface area (Å²) >= 11 is 12.4. The molecule has 0 spiro atoms. The lowest BCUT2D eigenvalue weighted by atomic mass is 9.70. The van der Waals surface area contributed by atoms with E-state index in [0.717, 1.165) is 10.1 Å². The fourth-order valence-electron chi connectivity index (χ4n) is 2.75. The third kappa shape index (κ3) is 0.719. The molecule has 0 N–H and O–H groups in total. The molecule has 0 heterocycles. The molecular formula is C10H14Cl2. The van der Waals surface area contributed by atoms with Crippen LogP contribution >= 0.6 is 23.2 Å². The number of fused-ring (bicyclic) bond motifs is 2. The van der Waals surface area contributed by atoms with Gasteiger partial charge in [0.1, 0.15) is 0 Å². The summed E-state index contributed by atoms with van der Waals surface area (Å²) < 4.78 is 0. The molecule has 2 bridgehead atoms. The van der Waals surface area contributed by atoms with E-state index >= 15 is 0 Å². The maximum Gasteiger partial charge on any atom is 0.0393 e. The quantitative estimate of drug-likeness (QED) is 0.557. The Morgan fingerprint density at radius 2 is 1.83 bits per heavy atom. The summed E-state index contributed by atoms with van der Waals surface area (Å²) in [6.45, 7) is 6.80. The van der Waals surface area contributed by atoms with Gasteiger partial charge in [-0.05, 0) is 18.3 Å². The van der Waals surface area contributed by atoms with Crippen LogP contribution in [-0.4, -0.2) is 0 Å². The third-order valence-electron chi connectivity index (χ3n) is 4.23. The lowest BCUT2D eigenvalue weighted by Crippen LogP contribution is -2.28. The molecule has 2 atom stereocenters. The van der Waals surface area contributed by atoms with Crippen molar-refractivity contribution in [2.75, 3.05) is 0 Å². The molecule has 0 radical (unpaired) electrons. The van der Waals surface area contributed by atoms with E-state index in [1.807, 2.05) is 0 Å². The maximum absolute atomic E-state index is 6.23. The van der Waals surface area contributed by atoms with E-state index in [9.17, 15) is 0 Å². The van der Waals surface area contributed by atoms with Crippen LogP contribution < -0.4 is 0 Å². The standard InChI is InChI=1S/C10H14Cl2/c1-9(2)6-4-5-10(9,3)8(12)7(6)11/h6H,4-5H2,1-3H3. The van der Waals surface area contributed by atoms with Crippen molar-refractivity contribution in [1.82, 2.24) is 0 Å². The predicted molar refractivity (Wildman–Crippen MR) is 53.3 cm³/mol. The van der Waals surface area contributed by atoms with Gasteiger partial charge in [-0.15, -0.1) is 0 Å². The Bertz CT molecular complexity index is 265. The van der Waals surface area contributed by atoms with Crippen molar-refractivity contribution >= 4 is 23.2 Å². The molecule has 12 heavy (non-hydrogen) atoms. The molecule has 0 saturated heterocycles. The van der Waals surface area contributed by atoms with Gasteiger partial charge in [-0.25, -0.2) is 0 Å². The van der Waals surface area contributed by atoms with Gasteiger partial charge < -0.3 is 0 Å². The highest BCUT2D eigenvalue weighted by molar-refractivity contribution is 6.40. The Labute approximate surface area is 83.9 Å². The van der Waals surface area contributed by atoms with Crippen LogP contribution in [0.3, 0.4) is 0 Å². The van der Waals surface area contributed by atoms with Crippen LogP contribution in [0.5, 0.6) is 0 Å². The Morgan fingerprint density at radius 1 is 1.25 bits per heavy atom. The van der Waals surface area contributed by atoms with Crippen LogP contribution in [0.1, 0.15) is 33.6 Å². The van der Waals surface area contributed by atoms with Crippen molar-refractivity contribution in [2.24, 2.45) is 16.7 Å². The van der Waals surface area contributed by atoms with Crippen molar-refractivity contribution < 1.29 is 0 Å². The molecule has 68 valence electrons. The van der Waals surface area contributed by atoms with E-state index in [1.165, 1.54) is 12.8 Å². The zero-order valence-corrected chi connectivity index (χ0v) is 9.26. The maximum atomic E-state index is 6.23. The zero-order chi connectivity index (χ0) is 9.15. The van der Waals surface area contributed by atoms with Crippen LogP contribution in [0, 0.1) is 16.7 Å². The van der Waals surface area contributed by atoms with Gasteiger partial charge in [-0.1, -0.05) is 44.0 Å². The first-order chi connectivity index (χ1) is 5.41. The Kier molecular flexibility index (Phi) is 1.64. The van der Waals surface area contributed by atoms with Crippen LogP contribution in [0.4, 0.5) is 0 Å². The third-order valence-corrected chi connectivity index (χ3v) is 5.40. The van der Waals surface area contributed by atoms with Crippen molar-refractivity contribution in [3.8, 4) is 0 Å². The molecule has 0 aliphatic heterocycles. The minimum absolute atomic E-state index is 0.149. The van der Waals surface area contributed by atoms with E-state index in [0.29, 0.717) is 5.92 Å². The molecule has 0 nitrogen and oxygen atoms in total. The second kappa shape index (κ2) is 2.22. The monoisotopic (exact) mass is 204 g/mol. The topological polar surface area (TPSA) is 0 Å². The molecule has 0 aromatic rings. The van der Waals surface area contributed by atoms with E-state index in [4.69, 9.17) is 23.2 Å². The van der Waals surface area contributed by atoms with E-state index in [1.54, 1.807) is 0 Å².